The molecule has 4 aromatic rings. The molecule has 0 aliphatic carbocycles. The van der Waals surface area contributed by atoms with Gasteiger partial charge >= 0.3 is 0 Å². The molecule has 156 valence electrons. The minimum absolute atomic E-state index is 0.0458. The van der Waals surface area contributed by atoms with Crippen molar-refractivity contribution >= 4 is 17.2 Å². The summed E-state index contributed by atoms with van der Waals surface area (Å²) in [4.78, 5) is 21.7. The van der Waals surface area contributed by atoms with Crippen LogP contribution in [0.1, 0.15) is 16.1 Å². The van der Waals surface area contributed by atoms with Crippen LogP contribution in [-0.4, -0.2) is 46.4 Å². The van der Waals surface area contributed by atoms with Gasteiger partial charge in [0.25, 0.3) is 5.91 Å². The summed E-state index contributed by atoms with van der Waals surface area (Å²) in [7, 11) is 0. The number of carbonyl (C=O) groups is 1. The second-order valence-corrected chi connectivity index (χ2v) is 7.89. The van der Waals surface area contributed by atoms with Gasteiger partial charge in [-0.15, -0.1) is 0 Å². The van der Waals surface area contributed by atoms with Crippen molar-refractivity contribution in [2.24, 2.45) is 0 Å². The van der Waals surface area contributed by atoms with Gasteiger partial charge in [-0.25, -0.2) is 9.37 Å². The van der Waals surface area contributed by atoms with E-state index in [0.29, 0.717) is 30.0 Å². The molecule has 2 aromatic heterocycles. The maximum atomic E-state index is 13.6. The van der Waals surface area contributed by atoms with E-state index in [2.05, 4.69) is 22.0 Å². The third-order valence-electron chi connectivity index (χ3n) is 5.85. The van der Waals surface area contributed by atoms with Crippen LogP contribution >= 0.6 is 0 Å². The van der Waals surface area contributed by atoms with Crippen LogP contribution in [0.2, 0.25) is 0 Å². The smallest absolute Gasteiger partial charge is 0.274 e. The van der Waals surface area contributed by atoms with Gasteiger partial charge in [-0.1, -0.05) is 24.3 Å². The Bertz CT molecular complexity index is 1240. The number of imidazole rings is 1. The topological polar surface area (TPSA) is 40.9 Å². The second kappa shape index (κ2) is 7.87. The fraction of sp³-hybridized carbons (Fsp3) is 0.200. The summed E-state index contributed by atoms with van der Waals surface area (Å²) in [6.07, 6.45) is 3.71. The van der Waals surface area contributed by atoms with Crippen LogP contribution in [0.3, 0.4) is 0 Å². The average Bonchev–Trinajstić information content (AvgIpc) is 3.24. The Labute approximate surface area is 180 Å². The zero-order valence-corrected chi connectivity index (χ0v) is 17.3. The molecule has 1 amide bonds. The number of amides is 1. The molecule has 1 fully saturated rings. The molecule has 1 aliphatic rings. The predicted molar refractivity (Wildman–Crippen MR) is 120 cm³/mol. The number of aryl methyl sites for hydroxylation is 1. The third kappa shape index (κ3) is 3.77. The summed E-state index contributed by atoms with van der Waals surface area (Å²) in [5.41, 5.74) is 4.83. The fourth-order valence-corrected chi connectivity index (χ4v) is 4.06. The molecule has 31 heavy (non-hydrogen) atoms. The summed E-state index contributed by atoms with van der Waals surface area (Å²) in [6.45, 7) is 4.70. The Hall–Kier alpha value is -3.67. The number of rotatable bonds is 3. The van der Waals surface area contributed by atoms with Crippen molar-refractivity contribution in [2.45, 2.75) is 6.92 Å². The Balaban J connectivity index is 1.33. The number of halogens is 1. The lowest BCUT2D eigenvalue weighted by Gasteiger charge is -2.35. The number of fused-ring (bicyclic) bond motifs is 1. The van der Waals surface area contributed by atoms with Crippen LogP contribution in [0.15, 0.2) is 73.1 Å². The fourth-order valence-electron chi connectivity index (χ4n) is 4.06. The van der Waals surface area contributed by atoms with Crippen molar-refractivity contribution in [3.8, 4) is 11.1 Å². The molecule has 0 unspecified atom stereocenters. The molecule has 6 heteroatoms. The molecule has 0 bridgehead atoms. The van der Waals surface area contributed by atoms with E-state index >= 15 is 0 Å². The van der Waals surface area contributed by atoms with Gasteiger partial charge in [0, 0.05) is 44.3 Å². The quantitative estimate of drug-likeness (QED) is 0.499. The van der Waals surface area contributed by atoms with Crippen LogP contribution in [0, 0.1) is 12.7 Å². The highest BCUT2D eigenvalue weighted by atomic mass is 19.1. The lowest BCUT2D eigenvalue weighted by atomic mass is 10.1. The highest BCUT2D eigenvalue weighted by Gasteiger charge is 2.24. The molecule has 3 heterocycles. The molecule has 1 aliphatic heterocycles. The molecule has 0 saturated carbocycles. The van der Waals surface area contributed by atoms with Crippen LogP contribution < -0.4 is 4.90 Å². The van der Waals surface area contributed by atoms with Crippen LogP contribution in [-0.2, 0) is 0 Å². The van der Waals surface area contributed by atoms with E-state index in [0.717, 1.165) is 24.2 Å². The van der Waals surface area contributed by atoms with Gasteiger partial charge in [-0.05, 0) is 60.0 Å². The predicted octanol–water partition coefficient (Wildman–Crippen LogP) is 4.41. The molecule has 0 N–H and O–H groups in total. The maximum Gasteiger partial charge on any atom is 0.274 e. The molecule has 0 spiro atoms. The molecular formula is C25H23FN4O. The third-order valence-corrected chi connectivity index (χ3v) is 5.85. The van der Waals surface area contributed by atoms with Gasteiger partial charge in [-0.2, -0.15) is 0 Å². The van der Waals surface area contributed by atoms with Crippen molar-refractivity contribution in [1.29, 1.82) is 0 Å². The lowest BCUT2D eigenvalue weighted by molar-refractivity contribution is 0.0741. The number of hydrogen-bond acceptors (Lipinski definition) is 3. The highest BCUT2D eigenvalue weighted by Crippen LogP contribution is 2.23. The molecule has 5 rings (SSSR count). The Morgan fingerprint density at radius 3 is 2.39 bits per heavy atom. The van der Waals surface area contributed by atoms with Crippen LogP contribution in [0.25, 0.3) is 16.8 Å². The van der Waals surface area contributed by atoms with E-state index in [1.54, 1.807) is 19.2 Å². The van der Waals surface area contributed by atoms with E-state index < -0.39 is 0 Å². The monoisotopic (exact) mass is 414 g/mol. The summed E-state index contributed by atoms with van der Waals surface area (Å²) in [6, 6.07) is 19.2. The number of hydrogen-bond donors (Lipinski definition) is 0. The molecule has 1 saturated heterocycles. The summed E-state index contributed by atoms with van der Waals surface area (Å²) in [5.74, 6) is -0.261. The van der Waals surface area contributed by atoms with Gasteiger partial charge in [0.2, 0.25) is 0 Å². The molecular weight excluding hydrogens is 391 g/mol. The normalized spacial score (nSPS) is 14.3. The first-order valence-electron chi connectivity index (χ1n) is 10.4. The van der Waals surface area contributed by atoms with Gasteiger partial charge in [0.1, 0.15) is 17.2 Å². The van der Waals surface area contributed by atoms with Crippen molar-refractivity contribution in [3.05, 3.63) is 90.1 Å². The second-order valence-electron chi connectivity index (χ2n) is 7.89. The van der Waals surface area contributed by atoms with E-state index in [-0.39, 0.29) is 11.7 Å². The molecule has 0 radical (unpaired) electrons. The van der Waals surface area contributed by atoms with Crippen molar-refractivity contribution in [3.63, 3.8) is 0 Å². The minimum atomic E-state index is -0.215. The maximum absolute atomic E-state index is 13.6. The Kier molecular flexibility index (Phi) is 4.90. The number of nitrogens with zero attached hydrogens (tertiary/aromatic N) is 4. The number of pyridine rings is 1. The lowest BCUT2D eigenvalue weighted by Crippen LogP contribution is -2.48. The first-order chi connectivity index (χ1) is 15.1. The Morgan fingerprint density at radius 1 is 0.903 bits per heavy atom. The molecule has 2 aromatic carbocycles. The highest BCUT2D eigenvalue weighted by molar-refractivity contribution is 5.93. The average molecular weight is 414 g/mol. The van der Waals surface area contributed by atoms with Crippen LogP contribution in [0.4, 0.5) is 10.1 Å². The number of anilines is 1. The zero-order chi connectivity index (χ0) is 21.4. The number of piperazine rings is 1. The van der Waals surface area contributed by atoms with Crippen molar-refractivity contribution in [2.75, 3.05) is 31.1 Å². The van der Waals surface area contributed by atoms with Gasteiger partial charge in [0.05, 0.1) is 0 Å². The zero-order valence-electron chi connectivity index (χ0n) is 17.3. The van der Waals surface area contributed by atoms with Crippen LogP contribution in [0.5, 0.6) is 0 Å². The van der Waals surface area contributed by atoms with E-state index in [1.165, 1.54) is 11.8 Å². The van der Waals surface area contributed by atoms with Crippen molar-refractivity contribution in [1.82, 2.24) is 14.3 Å². The largest absolute Gasteiger partial charge is 0.368 e. The summed E-state index contributed by atoms with van der Waals surface area (Å²) in [5, 5.41) is 0. The van der Waals surface area contributed by atoms with E-state index in [9.17, 15) is 9.18 Å². The van der Waals surface area contributed by atoms with E-state index in [4.69, 9.17) is 0 Å². The van der Waals surface area contributed by atoms with Crippen molar-refractivity contribution < 1.29 is 9.18 Å². The standard InChI is InChI=1S/C25H23FN4O/c1-18-15-19(7-9-22(18)26)20-8-10-24-27-23(17-30(24)16-20)25(31)29-13-11-28(12-14-29)21-5-3-2-4-6-21/h2-10,15-17H,11-14H2,1H3. The summed E-state index contributed by atoms with van der Waals surface area (Å²) < 4.78 is 15.5. The van der Waals surface area contributed by atoms with Gasteiger partial charge in [-0.3, -0.25) is 4.79 Å². The number of benzene rings is 2. The molecule has 0 atom stereocenters. The SMILES string of the molecule is Cc1cc(-c2ccc3nc(C(=O)N4CCN(c5ccccc5)CC4)cn3c2)ccc1F. The number of carbonyl (C=O) groups excluding carboxylic acids is 1. The number of aromatic nitrogens is 2. The molecule has 5 nitrogen and oxygen atoms in total. The minimum Gasteiger partial charge on any atom is -0.368 e. The summed E-state index contributed by atoms with van der Waals surface area (Å²) >= 11 is 0. The van der Waals surface area contributed by atoms with Gasteiger partial charge in [0.15, 0.2) is 0 Å². The first-order valence-corrected chi connectivity index (χ1v) is 10.4. The van der Waals surface area contributed by atoms with E-state index in [1.807, 2.05) is 51.9 Å². The number of para-hydroxylation sites is 1. The first kappa shape index (κ1) is 19.3. The van der Waals surface area contributed by atoms with Gasteiger partial charge < -0.3 is 14.2 Å². The Morgan fingerprint density at radius 2 is 1.65 bits per heavy atom.